The first kappa shape index (κ1) is 47.9. The van der Waals surface area contributed by atoms with E-state index < -0.39 is 40.7 Å². The maximum Gasteiger partial charge on any atom is 0.258 e. The number of hydrogen-bond donors (Lipinski definition) is 2. The number of nitrogens with one attached hydrogen (secondary N) is 2. The molecule has 3 aromatic carbocycles. The standard InChI is InChI=1S/C52H44ClF4N7O7/c1-6-32(54)46(33(55)7-2)37-21-38(48-40(60-37)26-64(52(48)66)24-27-12-14-29(67-3)18-41(27)68-4)61-44-22-43(49-50(62-44)58-16-9-17-70-49)71-30-15-13-28(42(19-30)69-5)23-63-25-39-45(51(63)65)31(53)20-36(59-39)47-34(56)10-8-11-35(47)57/h6-8,10-15,18-22H,1,9,16-17,23-26H2,2-5H3,(H2,58,60,61,62)/b33-7+,46-32-. The van der Waals surface area contributed by atoms with Gasteiger partial charge < -0.3 is 44.1 Å². The number of pyridine rings is 3. The highest BCUT2D eigenvalue weighted by Gasteiger charge is 2.36. The summed E-state index contributed by atoms with van der Waals surface area (Å²) < 4.78 is 89.8. The van der Waals surface area contributed by atoms with Crippen LogP contribution in [-0.2, 0) is 26.2 Å². The zero-order chi connectivity index (χ0) is 50.1. The van der Waals surface area contributed by atoms with Crippen molar-refractivity contribution < 1.29 is 50.8 Å². The number of benzene rings is 3. The second-order valence-electron chi connectivity index (χ2n) is 16.4. The normalized spacial score (nSPS) is 14.4. The van der Waals surface area contributed by atoms with E-state index in [1.165, 1.54) is 51.4 Å². The third-order valence-corrected chi connectivity index (χ3v) is 12.3. The predicted molar refractivity (Wildman–Crippen MR) is 258 cm³/mol. The van der Waals surface area contributed by atoms with E-state index in [0.29, 0.717) is 65.3 Å². The highest BCUT2D eigenvalue weighted by molar-refractivity contribution is 6.34. The number of amides is 2. The van der Waals surface area contributed by atoms with E-state index in [-0.39, 0.29) is 87.9 Å². The van der Waals surface area contributed by atoms with Gasteiger partial charge in [0, 0.05) is 35.9 Å². The van der Waals surface area contributed by atoms with Crippen LogP contribution in [0.1, 0.15) is 62.3 Å². The quantitative estimate of drug-likeness (QED) is 0.0745. The molecule has 6 heterocycles. The molecule has 0 unspecified atom stereocenters. The van der Waals surface area contributed by atoms with Gasteiger partial charge in [0.25, 0.3) is 11.8 Å². The maximum absolute atomic E-state index is 15.5. The van der Waals surface area contributed by atoms with Crippen LogP contribution >= 0.6 is 11.6 Å². The number of rotatable bonds is 15. The van der Waals surface area contributed by atoms with E-state index in [4.69, 9.17) is 40.3 Å². The molecule has 0 spiro atoms. The van der Waals surface area contributed by atoms with E-state index in [2.05, 4.69) is 27.2 Å². The van der Waals surface area contributed by atoms with Crippen LogP contribution in [0.2, 0.25) is 5.02 Å². The first-order chi connectivity index (χ1) is 34.3. The molecule has 0 atom stereocenters. The zero-order valence-corrected chi connectivity index (χ0v) is 39.5. The van der Waals surface area contributed by atoms with E-state index in [1.54, 1.807) is 47.4 Å². The molecule has 0 saturated heterocycles. The number of nitrogens with zero attached hydrogens (tertiary/aromatic N) is 5. The summed E-state index contributed by atoms with van der Waals surface area (Å²) in [5.74, 6) is -1.62. The van der Waals surface area contributed by atoms with Gasteiger partial charge in [-0.05, 0) is 68.0 Å². The van der Waals surface area contributed by atoms with E-state index >= 15 is 8.78 Å². The molecule has 71 heavy (non-hydrogen) atoms. The number of fused-ring (bicyclic) bond motifs is 3. The first-order valence-electron chi connectivity index (χ1n) is 22.2. The maximum atomic E-state index is 15.5. The number of allylic oxidation sites excluding steroid dienone is 5. The molecule has 3 aliphatic rings. The molecule has 0 bridgehead atoms. The van der Waals surface area contributed by atoms with Crippen LogP contribution in [0.3, 0.4) is 0 Å². The number of anilines is 3. The molecule has 14 nitrogen and oxygen atoms in total. The van der Waals surface area contributed by atoms with Crippen LogP contribution in [-0.4, -0.2) is 71.0 Å². The monoisotopic (exact) mass is 989 g/mol. The lowest BCUT2D eigenvalue weighted by Crippen LogP contribution is -2.24. The molecule has 2 amide bonds. The van der Waals surface area contributed by atoms with Gasteiger partial charge in [0.05, 0.1) is 110 Å². The predicted octanol–water partition coefficient (Wildman–Crippen LogP) is 11.3. The molecule has 3 aliphatic heterocycles. The largest absolute Gasteiger partial charge is 0.497 e. The fraction of sp³-hybridized carbons (Fsp3) is 0.212. The molecule has 364 valence electrons. The Balaban J connectivity index is 1.03. The summed E-state index contributed by atoms with van der Waals surface area (Å²) in [6.07, 6.45) is 2.62. The van der Waals surface area contributed by atoms with Crippen molar-refractivity contribution in [3.05, 3.63) is 159 Å². The van der Waals surface area contributed by atoms with Gasteiger partial charge in [-0.2, -0.15) is 0 Å². The van der Waals surface area contributed by atoms with Crippen LogP contribution in [0.4, 0.5) is 34.9 Å². The van der Waals surface area contributed by atoms with Gasteiger partial charge in [0.2, 0.25) is 5.75 Å². The second kappa shape index (κ2) is 20.1. The fourth-order valence-electron chi connectivity index (χ4n) is 8.57. The van der Waals surface area contributed by atoms with Gasteiger partial charge in [-0.3, -0.25) is 9.59 Å². The Hall–Kier alpha value is -8.12. The van der Waals surface area contributed by atoms with E-state index in [1.807, 2.05) is 0 Å². The van der Waals surface area contributed by atoms with Crippen molar-refractivity contribution in [3.63, 3.8) is 0 Å². The fourth-order valence-corrected chi connectivity index (χ4v) is 8.87. The molecule has 0 fully saturated rings. The molecule has 0 aliphatic carbocycles. The molecule has 19 heteroatoms. The van der Waals surface area contributed by atoms with Gasteiger partial charge in [-0.25, -0.2) is 32.5 Å². The summed E-state index contributed by atoms with van der Waals surface area (Å²) in [7, 11) is 4.51. The van der Waals surface area contributed by atoms with Crippen molar-refractivity contribution >= 4 is 46.3 Å². The van der Waals surface area contributed by atoms with Crippen molar-refractivity contribution in [2.75, 3.05) is 45.1 Å². The average Bonchev–Trinajstić information content (AvgIpc) is 3.72. The smallest absolute Gasteiger partial charge is 0.258 e. The second-order valence-corrected chi connectivity index (χ2v) is 16.8. The Bertz CT molecular complexity index is 3200. The minimum atomic E-state index is -0.962. The number of ether oxygens (including phenoxy) is 5. The van der Waals surface area contributed by atoms with Gasteiger partial charge in [-0.15, -0.1) is 0 Å². The summed E-state index contributed by atoms with van der Waals surface area (Å²) in [5.41, 5.74) is 1.30. The number of halogens is 5. The van der Waals surface area contributed by atoms with Gasteiger partial charge in [0.15, 0.2) is 11.6 Å². The van der Waals surface area contributed by atoms with Crippen molar-refractivity contribution in [3.8, 4) is 45.8 Å². The van der Waals surface area contributed by atoms with Crippen molar-refractivity contribution in [1.29, 1.82) is 0 Å². The number of carbonyl (C=O) groups is 2. The summed E-state index contributed by atoms with van der Waals surface area (Å²) in [6, 6.07) is 17.9. The molecular weight excluding hydrogens is 946 g/mol. The number of methoxy groups -OCH3 is 3. The highest BCUT2D eigenvalue weighted by Crippen LogP contribution is 2.44. The van der Waals surface area contributed by atoms with Gasteiger partial charge >= 0.3 is 0 Å². The summed E-state index contributed by atoms with van der Waals surface area (Å²) in [5, 5.41) is 6.51. The minimum absolute atomic E-state index is 0.00729. The average molecular weight is 990 g/mol. The summed E-state index contributed by atoms with van der Waals surface area (Å²) in [4.78, 5) is 45.0. The molecule has 3 aromatic heterocycles. The van der Waals surface area contributed by atoms with Crippen LogP contribution in [0.25, 0.3) is 16.8 Å². The Morgan fingerprint density at radius 2 is 1.46 bits per heavy atom. The summed E-state index contributed by atoms with van der Waals surface area (Å²) >= 11 is 6.54. The van der Waals surface area contributed by atoms with Crippen molar-refractivity contribution in [2.24, 2.45) is 0 Å². The highest BCUT2D eigenvalue weighted by atomic mass is 35.5. The van der Waals surface area contributed by atoms with Gasteiger partial charge in [0.1, 0.15) is 52.1 Å². The van der Waals surface area contributed by atoms with Crippen LogP contribution < -0.4 is 34.3 Å². The Labute approximate surface area is 410 Å². The van der Waals surface area contributed by atoms with Crippen molar-refractivity contribution in [1.82, 2.24) is 24.8 Å². The summed E-state index contributed by atoms with van der Waals surface area (Å²) in [6.45, 7) is 5.92. The molecule has 0 saturated carbocycles. The van der Waals surface area contributed by atoms with Crippen molar-refractivity contribution in [2.45, 2.75) is 39.5 Å². The molecule has 6 aromatic rings. The Morgan fingerprint density at radius 3 is 2.11 bits per heavy atom. The van der Waals surface area contributed by atoms with Gasteiger partial charge in [-0.1, -0.05) is 30.3 Å². The molecular formula is C52H44ClF4N7O7. The topological polar surface area (TPSA) is 150 Å². The Kier molecular flexibility index (Phi) is 13.6. The lowest BCUT2D eigenvalue weighted by Gasteiger charge is -2.20. The van der Waals surface area contributed by atoms with E-state index in [9.17, 15) is 18.4 Å². The number of carbonyl (C=O) groups excluding carboxylic acids is 2. The van der Waals surface area contributed by atoms with E-state index in [0.717, 1.165) is 24.3 Å². The number of aromatic nitrogens is 3. The Morgan fingerprint density at radius 1 is 0.817 bits per heavy atom. The van der Waals surface area contributed by atoms with Crippen LogP contribution in [0.5, 0.6) is 34.5 Å². The molecule has 0 radical (unpaired) electrons. The lowest BCUT2D eigenvalue weighted by atomic mass is 10.0. The first-order valence-corrected chi connectivity index (χ1v) is 22.6. The molecule has 2 N–H and O–H groups in total. The lowest BCUT2D eigenvalue weighted by molar-refractivity contribution is 0.0758. The molecule has 9 rings (SSSR count). The van der Waals surface area contributed by atoms with Crippen LogP contribution in [0.15, 0.2) is 103 Å². The number of hydrogen-bond acceptors (Lipinski definition) is 12. The SMILES string of the molecule is C=C/C(F)=C(\C(F)=C/C)c1cc(Nc2cc(Oc3ccc(CN4Cc5nc(-c6c(F)cccc6F)cc(Cl)c5C4=O)c(OC)c3)c3c(n2)NCCCO3)c2c(n1)CN(Cc1ccc(OC)cc1OC)C2=O. The third kappa shape index (κ3) is 9.37. The minimum Gasteiger partial charge on any atom is -0.497 e. The van der Waals surface area contributed by atoms with Crippen LogP contribution in [0, 0.1) is 11.6 Å². The zero-order valence-electron chi connectivity index (χ0n) is 38.7. The third-order valence-electron chi connectivity index (χ3n) is 12.0.